The van der Waals surface area contributed by atoms with Gasteiger partial charge in [0.2, 0.25) is 0 Å². The molecular formula is C4H6B15N2O. The number of hydrogen-bond acceptors (Lipinski definition) is 3. The summed E-state index contributed by atoms with van der Waals surface area (Å²) in [6.45, 7) is 0. The molecule has 0 aliphatic heterocycles. The van der Waals surface area contributed by atoms with E-state index in [0.717, 1.165) is 5.82 Å². The number of nitrogens with zero attached hydrogens (tertiary/aromatic N) is 1. The third kappa shape index (κ3) is 7.50. The van der Waals surface area contributed by atoms with E-state index < -0.39 is 38.3 Å². The van der Waals surface area contributed by atoms with Crippen molar-refractivity contribution in [2.24, 2.45) is 0 Å². The van der Waals surface area contributed by atoms with Crippen molar-refractivity contribution >= 4 is 113 Å². The van der Waals surface area contributed by atoms with E-state index >= 15 is 0 Å². The fourth-order valence-corrected chi connectivity index (χ4v) is 2.01. The van der Waals surface area contributed by atoms with Crippen molar-refractivity contribution in [3.8, 4) is 0 Å². The average Bonchev–Trinajstić information content (AvgIpc) is 2.96. The van der Waals surface area contributed by atoms with Crippen LogP contribution in [0.15, 0.2) is 16.9 Å². The molecule has 0 fully saturated rings. The quantitative estimate of drug-likeness (QED) is 0.499. The Hall–Kier alpha value is -0.0160. The summed E-state index contributed by atoms with van der Waals surface area (Å²) in [6.07, 6.45) is -2.25. The normalized spacial score (nSPS) is 8.77. The molecule has 0 saturated heterocycles. The Bertz CT molecular complexity index is 364. The second-order valence-corrected chi connectivity index (χ2v) is 4.79. The molecule has 0 spiro atoms. The third-order valence-electron chi connectivity index (χ3n) is 3.14. The highest BCUT2D eigenvalue weighted by atomic mass is 16.5. The van der Waals surface area contributed by atoms with Crippen molar-refractivity contribution < 1.29 is 4.52 Å². The molecule has 0 aliphatic carbocycles. The number of anilines is 1. The maximum absolute atomic E-state index is 5.73. The fourth-order valence-electron chi connectivity index (χ4n) is 2.01. The number of rotatable bonds is 7. The van der Waals surface area contributed by atoms with Crippen molar-refractivity contribution in [3.05, 3.63) is 12.3 Å². The van der Waals surface area contributed by atoms with Gasteiger partial charge in [-0.15, -0.1) is 0 Å². The topological polar surface area (TPSA) is 38.1 Å². The van der Waals surface area contributed by atoms with E-state index in [1.54, 1.807) is 13.1 Å². The van der Waals surface area contributed by atoms with Crippen LogP contribution >= 0.6 is 0 Å². The van der Waals surface area contributed by atoms with Gasteiger partial charge in [-0.2, -0.15) is 0 Å². The average molecular weight is 260 g/mol. The van der Waals surface area contributed by atoms with Crippen LogP contribution in [0.2, 0.25) is 0 Å². The zero-order valence-corrected chi connectivity index (χ0v) is 12.7. The van der Waals surface area contributed by atoms with Crippen LogP contribution in [0.1, 0.15) is 0 Å². The molecule has 1 N–H and O–H groups in total. The Balaban J connectivity index is 0.000000518. The largest absolute Gasteiger partial charge is 0.370 e. The maximum atomic E-state index is 5.73. The first-order valence-electron chi connectivity index (χ1n) is 6.68. The third-order valence-corrected chi connectivity index (χ3v) is 3.14. The van der Waals surface area contributed by atoms with Crippen LogP contribution in [0.3, 0.4) is 0 Å². The molecule has 83 valence electrons. The van der Waals surface area contributed by atoms with Crippen molar-refractivity contribution in [2.75, 3.05) is 12.4 Å². The van der Waals surface area contributed by atoms with Gasteiger partial charge < -0.3 is 9.84 Å². The van der Waals surface area contributed by atoms with Gasteiger partial charge in [0.1, 0.15) is 6.26 Å². The molecule has 3 nitrogen and oxygen atoms in total. The summed E-state index contributed by atoms with van der Waals surface area (Å²) in [5.74, 6) is 0.764. The lowest BCUT2D eigenvalue weighted by atomic mass is 8.46. The number of nitrogens with one attached hydrogen (secondary N) is 1. The van der Waals surface area contributed by atoms with Crippen LogP contribution in [0.4, 0.5) is 5.82 Å². The maximum Gasteiger partial charge on any atom is 0.169 e. The fraction of sp³-hybridized carbons (Fsp3) is 0.250. The summed E-state index contributed by atoms with van der Waals surface area (Å²) in [7, 11) is 47.6. The van der Waals surface area contributed by atoms with Gasteiger partial charge >= 0.3 is 0 Å². The van der Waals surface area contributed by atoms with E-state index in [9.17, 15) is 0 Å². The van der Waals surface area contributed by atoms with Crippen LogP contribution < -0.4 is 5.32 Å². The van der Waals surface area contributed by atoms with Crippen molar-refractivity contribution in [1.29, 1.82) is 0 Å². The monoisotopic (exact) mass is 263 g/mol. The summed E-state index contributed by atoms with van der Waals surface area (Å²) in [5, 5.41) is 6.35. The Morgan fingerprint density at radius 2 is 1.50 bits per heavy atom. The van der Waals surface area contributed by atoms with E-state index in [0.29, 0.717) is 0 Å². The van der Waals surface area contributed by atoms with Crippen LogP contribution in [0, 0.1) is 0 Å². The lowest BCUT2D eigenvalue weighted by Gasteiger charge is -2.35. The zero-order chi connectivity index (χ0) is 17.3. The first-order valence-corrected chi connectivity index (χ1v) is 6.68. The number of aromatic nitrogens is 1. The Morgan fingerprint density at radius 3 is 1.73 bits per heavy atom. The second-order valence-electron chi connectivity index (χ2n) is 4.79. The predicted molar refractivity (Wildman–Crippen MR) is 112 cm³/mol. The van der Waals surface area contributed by atoms with Gasteiger partial charge in [0.05, 0.1) is 0 Å². The van der Waals surface area contributed by atoms with Crippen molar-refractivity contribution in [2.45, 2.75) is 0 Å². The molecule has 0 saturated carbocycles. The van der Waals surface area contributed by atoms with Crippen LogP contribution in [0.25, 0.3) is 0 Å². The number of hydrogen-bond donors (Lipinski definition) is 1. The Kier molecular flexibility index (Phi) is 11.5. The summed E-state index contributed by atoms with van der Waals surface area (Å²) >= 11 is 0. The minimum absolute atomic E-state index is 0.463. The summed E-state index contributed by atoms with van der Waals surface area (Å²) in [6, 6.07) is 1.75. The van der Waals surface area contributed by atoms with Gasteiger partial charge in [0.25, 0.3) is 0 Å². The summed E-state index contributed by atoms with van der Waals surface area (Å²) < 4.78 is 4.49. The molecule has 22 heavy (non-hydrogen) atoms. The molecule has 0 bridgehead atoms. The highest BCUT2D eigenvalue weighted by molar-refractivity contribution is 8.12. The second kappa shape index (κ2) is 11.5. The first kappa shape index (κ1) is 22.0. The molecular weight excluding hydrogens is 254 g/mol. The molecule has 0 unspecified atom stereocenters. The molecule has 0 amide bonds. The van der Waals surface area contributed by atoms with Crippen LogP contribution in [-0.2, 0) is 0 Å². The van der Waals surface area contributed by atoms with Crippen molar-refractivity contribution in [1.82, 2.24) is 5.16 Å². The lowest BCUT2D eigenvalue weighted by Crippen LogP contribution is -2.73. The molecule has 1 rings (SSSR count). The van der Waals surface area contributed by atoms with Gasteiger partial charge in [-0.25, -0.2) is 0 Å². The minimum atomic E-state index is -0.754. The first-order chi connectivity index (χ1) is 10.3. The van der Waals surface area contributed by atoms with E-state index in [2.05, 4.69) is 15.0 Å². The Morgan fingerprint density at radius 1 is 1.00 bits per heavy atom. The van der Waals surface area contributed by atoms with E-state index in [1.807, 2.05) is 0 Å². The molecule has 0 atom stereocenters. The predicted octanol–water partition coefficient (Wildman–Crippen LogP) is -5.00. The molecule has 0 aromatic carbocycles. The van der Waals surface area contributed by atoms with Crippen LogP contribution in [0.5, 0.6) is 0 Å². The minimum Gasteiger partial charge on any atom is -0.370 e. The van der Waals surface area contributed by atoms with Gasteiger partial charge in [0, 0.05) is 120 Å². The lowest BCUT2D eigenvalue weighted by molar-refractivity contribution is 0.422. The summed E-state index contributed by atoms with van der Waals surface area (Å²) in [4.78, 5) is 0. The molecule has 0 aliphatic rings. The highest BCUT2D eigenvalue weighted by Crippen LogP contribution is 1.98. The SMILES string of the molecule is CNc1ccon1.[B][B]B([B])B(B([B])[B])B(B([B])[B])B([B])[B]. The highest BCUT2D eigenvalue weighted by Gasteiger charge is 2.36. The van der Waals surface area contributed by atoms with E-state index in [4.69, 9.17) is 61.9 Å². The molecule has 1 aromatic heterocycles. The molecule has 18 heteroatoms. The zero-order valence-electron chi connectivity index (χ0n) is 12.7. The van der Waals surface area contributed by atoms with Gasteiger partial charge in [-0.1, -0.05) is 5.16 Å². The van der Waals surface area contributed by atoms with Gasteiger partial charge in [-0.05, 0) is 0 Å². The standard InChI is InChI=1S/C4H6N2O.B15/c1-5-4-2-3-7-6-4;1-9-13(8)15(12(6)7)14(10(2)3)11(4)5/h2-3H,1H3,(H,5,6);. The smallest absolute Gasteiger partial charge is 0.169 e. The van der Waals surface area contributed by atoms with Crippen LogP contribution in [-0.4, -0.2) is 119 Å². The van der Waals surface area contributed by atoms with E-state index in [1.165, 1.54) is 13.3 Å². The molecule has 17 radical (unpaired) electrons. The molecule has 1 aromatic rings. The molecule has 1 heterocycles. The Labute approximate surface area is 147 Å². The van der Waals surface area contributed by atoms with Crippen molar-refractivity contribution in [3.63, 3.8) is 0 Å². The van der Waals surface area contributed by atoms with E-state index in [-0.39, 0.29) is 0 Å². The van der Waals surface area contributed by atoms with Gasteiger partial charge in [-0.3, -0.25) is 0 Å². The summed E-state index contributed by atoms with van der Waals surface area (Å²) in [5.41, 5.74) is 0. The van der Waals surface area contributed by atoms with Gasteiger partial charge in [0.15, 0.2) is 5.82 Å².